The van der Waals surface area contributed by atoms with Gasteiger partial charge in [-0.25, -0.2) is 0 Å². The van der Waals surface area contributed by atoms with Gasteiger partial charge in [0.2, 0.25) is 5.91 Å². The highest BCUT2D eigenvalue weighted by molar-refractivity contribution is 5.91. The van der Waals surface area contributed by atoms with Crippen LogP contribution in [0.4, 0.5) is 0 Å². The van der Waals surface area contributed by atoms with Crippen LogP contribution in [0.2, 0.25) is 0 Å². The van der Waals surface area contributed by atoms with Crippen molar-refractivity contribution in [3.05, 3.63) is 71.8 Å². The number of rotatable bonds is 9. The SMILES string of the molecule is CCN(CC)CCN1CCC(C(C(N)=O)(c2ccccc2)c2ccccc2)C1. The molecule has 1 fully saturated rings. The second-order valence-electron chi connectivity index (χ2n) is 7.72. The molecular weight excluding hydrogens is 346 g/mol. The number of carbonyl (C=O) groups excluding carboxylic acids is 1. The number of likely N-dealkylation sites (N-methyl/N-ethyl adjacent to an activating group) is 1. The molecule has 2 aromatic rings. The summed E-state index contributed by atoms with van der Waals surface area (Å²) in [7, 11) is 0. The molecule has 1 heterocycles. The molecule has 0 saturated carbocycles. The van der Waals surface area contributed by atoms with Crippen molar-refractivity contribution in [1.82, 2.24) is 9.80 Å². The van der Waals surface area contributed by atoms with Gasteiger partial charge in [-0.15, -0.1) is 0 Å². The Bertz CT molecular complexity index is 703. The van der Waals surface area contributed by atoms with E-state index < -0.39 is 5.41 Å². The average Bonchev–Trinajstić information content (AvgIpc) is 3.20. The fraction of sp³-hybridized carbons (Fsp3) is 0.458. The predicted octanol–water partition coefficient (Wildman–Crippen LogP) is 3.12. The Balaban J connectivity index is 1.92. The Kier molecular flexibility index (Phi) is 6.87. The third-order valence-corrected chi connectivity index (χ3v) is 6.36. The zero-order valence-corrected chi connectivity index (χ0v) is 17.2. The molecule has 1 aliphatic heterocycles. The minimum atomic E-state index is -0.785. The maximum Gasteiger partial charge on any atom is 0.232 e. The number of hydrogen-bond acceptors (Lipinski definition) is 3. The van der Waals surface area contributed by atoms with Gasteiger partial charge in [0, 0.05) is 19.6 Å². The van der Waals surface area contributed by atoms with Gasteiger partial charge in [0.15, 0.2) is 0 Å². The smallest absolute Gasteiger partial charge is 0.232 e. The van der Waals surface area contributed by atoms with Crippen molar-refractivity contribution < 1.29 is 4.79 Å². The Morgan fingerprint density at radius 3 is 2.04 bits per heavy atom. The van der Waals surface area contributed by atoms with Crippen molar-refractivity contribution in [2.45, 2.75) is 25.7 Å². The van der Waals surface area contributed by atoms with E-state index in [9.17, 15) is 4.79 Å². The summed E-state index contributed by atoms with van der Waals surface area (Å²) in [5, 5.41) is 0. The van der Waals surface area contributed by atoms with Crippen molar-refractivity contribution in [2.24, 2.45) is 11.7 Å². The van der Waals surface area contributed by atoms with E-state index in [2.05, 4.69) is 47.9 Å². The molecule has 0 aliphatic carbocycles. The summed E-state index contributed by atoms with van der Waals surface area (Å²) in [4.78, 5) is 18.0. The molecule has 0 radical (unpaired) electrons. The largest absolute Gasteiger partial charge is 0.369 e. The van der Waals surface area contributed by atoms with Gasteiger partial charge in [-0.05, 0) is 43.1 Å². The molecule has 0 aromatic heterocycles. The lowest BCUT2D eigenvalue weighted by Crippen LogP contribution is -2.49. The normalized spacial score (nSPS) is 17.9. The Labute approximate surface area is 169 Å². The molecule has 1 unspecified atom stereocenters. The molecule has 28 heavy (non-hydrogen) atoms. The lowest BCUT2D eigenvalue weighted by molar-refractivity contribution is -0.123. The van der Waals surface area contributed by atoms with Crippen LogP contribution in [0.5, 0.6) is 0 Å². The van der Waals surface area contributed by atoms with Gasteiger partial charge in [0.1, 0.15) is 5.41 Å². The van der Waals surface area contributed by atoms with E-state index in [1.54, 1.807) is 0 Å². The van der Waals surface area contributed by atoms with Crippen molar-refractivity contribution >= 4 is 5.91 Å². The average molecular weight is 380 g/mol. The van der Waals surface area contributed by atoms with Crippen LogP contribution in [0.3, 0.4) is 0 Å². The second-order valence-corrected chi connectivity index (χ2v) is 7.72. The van der Waals surface area contributed by atoms with E-state index in [-0.39, 0.29) is 11.8 Å². The number of nitrogens with zero attached hydrogens (tertiary/aromatic N) is 2. The fourth-order valence-electron chi connectivity index (χ4n) is 4.74. The highest BCUT2D eigenvalue weighted by atomic mass is 16.1. The van der Waals surface area contributed by atoms with Crippen molar-refractivity contribution in [3.63, 3.8) is 0 Å². The minimum Gasteiger partial charge on any atom is -0.369 e. The quantitative estimate of drug-likeness (QED) is 0.728. The highest BCUT2D eigenvalue weighted by Gasteiger charge is 2.49. The second kappa shape index (κ2) is 9.35. The first-order valence-electron chi connectivity index (χ1n) is 10.5. The summed E-state index contributed by atoms with van der Waals surface area (Å²) in [5.41, 5.74) is 7.38. The molecule has 2 aromatic carbocycles. The summed E-state index contributed by atoms with van der Waals surface area (Å²) < 4.78 is 0. The molecule has 1 atom stereocenters. The number of primary amides is 1. The lowest BCUT2D eigenvalue weighted by atomic mass is 9.64. The Hall–Kier alpha value is -2.17. The van der Waals surface area contributed by atoms with Gasteiger partial charge < -0.3 is 15.5 Å². The first kappa shape index (κ1) is 20.6. The predicted molar refractivity (Wildman–Crippen MR) is 115 cm³/mol. The van der Waals surface area contributed by atoms with Crippen LogP contribution in [0.1, 0.15) is 31.4 Å². The van der Waals surface area contributed by atoms with Crippen molar-refractivity contribution in [2.75, 3.05) is 39.3 Å². The molecule has 1 amide bonds. The third kappa shape index (κ3) is 3.98. The van der Waals surface area contributed by atoms with Crippen LogP contribution in [0, 0.1) is 5.92 Å². The molecule has 3 rings (SSSR count). The summed E-state index contributed by atoms with van der Waals surface area (Å²) in [6.45, 7) is 10.6. The number of nitrogens with two attached hydrogens (primary N) is 1. The van der Waals surface area contributed by atoms with Crippen LogP contribution in [-0.4, -0.2) is 55.0 Å². The van der Waals surface area contributed by atoms with E-state index in [1.165, 1.54) is 0 Å². The summed E-state index contributed by atoms with van der Waals surface area (Å²) in [6, 6.07) is 20.2. The van der Waals surface area contributed by atoms with Crippen molar-refractivity contribution in [3.8, 4) is 0 Å². The summed E-state index contributed by atoms with van der Waals surface area (Å²) in [6.07, 6.45) is 0.977. The van der Waals surface area contributed by atoms with Gasteiger partial charge in [-0.2, -0.15) is 0 Å². The lowest BCUT2D eigenvalue weighted by Gasteiger charge is -2.37. The van der Waals surface area contributed by atoms with Crippen LogP contribution in [-0.2, 0) is 10.2 Å². The fourth-order valence-corrected chi connectivity index (χ4v) is 4.74. The molecular formula is C24H33N3O. The topological polar surface area (TPSA) is 49.6 Å². The Morgan fingerprint density at radius 2 is 1.57 bits per heavy atom. The Morgan fingerprint density at radius 1 is 1.04 bits per heavy atom. The van der Waals surface area contributed by atoms with E-state index in [0.29, 0.717) is 0 Å². The summed E-state index contributed by atoms with van der Waals surface area (Å²) in [5.74, 6) is -0.0769. The highest BCUT2D eigenvalue weighted by Crippen LogP contribution is 2.43. The van der Waals surface area contributed by atoms with Crippen LogP contribution < -0.4 is 5.73 Å². The first-order valence-corrected chi connectivity index (χ1v) is 10.5. The van der Waals surface area contributed by atoms with Crippen LogP contribution in [0.25, 0.3) is 0 Å². The molecule has 4 heteroatoms. The van der Waals surface area contributed by atoms with Gasteiger partial charge in [-0.1, -0.05) is 74.5 Å². The summed E-state index contributed by atoms with van der Waals surface area (Å²) >= 11 is 0. The first-order chi connectivity index (χ1) is 13.6. The number of hydrogen-bond donors (Lipinski definition) is 1. The molecule has 1 aliphatic rings. The number of carbonyl (C=O) groups is 1. The van der Waals surface area contributed by atoms with E-state index in [0.717, 1.165) is 56.8 Å². The monoisotopic (exact) mass is 379 g/mol. The number of benzene rings is 2. The molecule has 150 valence electrons. The van der Waals surface area contributed by atoms with Gasteiger partial charge in [0.05, 0.1) is 0 Å². The molecule has 2 N–H and O–H groups in total. The molecule has 0 spiro atoms. The maximum absolute atomic E-state index is 13.1. The van der Waals surface area contributed by atoms with Gasteiger partial charge in [0.25, 0.3) is 0 Å². The standard InChI is InChI=1S/C24H33N3O/c1-3-26(4-2)17-18-27-16-15-22(19-27)24(23(25)28,20-11-7-5-8-12-20)21-13-9-6-10-14-21/h5-14,22H,3-4,15-19H2,1-2H3,(H2,25,28). The number of amides is 1. The van der Waals surface area contributed by atoms with E-state index >= 15 is 0 Å². The maximum atomic E-state index is 13.1. The molecule has 4 nitrogen and oxygen atoms in total. The van der Waals surface area contributed by atoms with Crippen LogP contribution >= 0.6 is 0 Å². The van der Waals surface area contributed by atoms with E-state index in [1.807, 2.05) is 36.4 Å². The van der Waals surface area contributed by atoms with E-state index in [4.69, 9.17) is 5.73 Å². The molecule has 1 saturated heterocycles. The third-order valence-electron chi connectivity index (χ3n) is 6.36. The van der Waals surface area contributed by atoms with Crippen LogP contribution in [0.15, 0.2) is 60.7 Å². The number of likely N-dealkylation sites (tertiary alicyclic amines) is 1. The van der Waals surface area contributed by atoms with Gasteiger partial charge in [-0.3, -0.25) is 4.79 Å². The zero-order valence-electron chi connectivity index (χ0n) is 17.2. The zero-order chi connectivity index (χ0) is 20.0. The minimum absolute atomic E-state index is 0.173. The molecule has 0 bridgehead atoms. The van der Waals surface area contributed by atoms with Gasteiger partial charge >= 0.3 is 0 Å². The van der Waals surface area contributed by atoms with Crippen molar-refractivity contribution in [1.29, 1.82) is 0 Å².